The number of nitrogens with zero attached hydrogens (tertiary/aromatic N) is 1. The predicted molar refractivity (Wildman–Crippen MR) is 51.9 cm³/mol. The van der Waals surface area contributed by atoms with E-state index in [0.717, 1.165) is 5.01 Å². The van der Waals surface area contributed by atoms with Crippen LogP contribution in [0.1, 0.15) is 10.4 Å². The van der Waals surface area contributed by atoms with E-state index < -0.39 is 17.8 Å². The highest BCUT2D eigenvalue weighted by Crippen LogP contribution is 2.04. The molecule has 1 heterocycles. The lowest BCUT2D eigenvalue weighted by Crippen LogP contribution is -2.42. The van der Waals surface area contributed by atoms with Crippen LogP contribution in [0.25, 0.3) is 0 Å². The predicted octanol–water partition coefficient (Wildman–Crippen LogP) is 0.923. The van der Waals surface area contributed by atoms with Crippen LogP contribution in [0.4, 0.5) is 9.18 Å². The summed E-state index contributed by atoms with van der Waals surface area (Å²) in [6.45, 7) is 0.564. The summed E-state index contributed by atoms with van der Waals surface area (Å²) in [5.74, 6) is -0.893. The minimum atomic E-state index is -0.588. The van der Waals surface area contributed by atoms with E-state index in [2.05, 4.69) is 10.2 Å². The first-order valence-corrected chi connectivity index (χ1v) is 4.67. The largest absolute Gasteiger partial charge is 0.446 e. The van der Waals surface area contributed by atoms with Crippen LogP contribution < -0.4 is 5.43 Å². The van der Waals surface area contributed by atoms with Gasteiger partial charge in [0.2, 0.25) is 0 Å². The summed E-state index contributed by atoms with van der Waals surface area (Å²) in [6.07, 6.45) is -0.588. The van der Waals surface area contributed by atoms with Crippen LogP contribution in [0.2, 0.25) is 0 Å². The van der Waals surface area contributed by atoms with Gasteiger partial charge in [-0.1, -0.05) is 0 Å². The molecule has 1 aromatic rings. The number of carbonyl (C=O) groups excluding carboxylic acids is 2. The van der Waals surface area contributed by atoms with Crippen LogP contribution in [0.5, 0.6) is 0 Å². The number of rotatable bonds is 2. The van der Waals surface area contributed by atoms with Gasteiger partial charge in [-0.05, 0) is 24.3 Å². The summed E-state index contributed by atoms with van der Waals surface area (Å²) in [5, 5.41) is 1.08. The molecular weight excluding hydrogens is 215 g/mol. The molecule has 0 aromatic heterocycles. The van der Waals surface area contributed by atoms with Crippen molar-refractivity contribution in [3.05, 3.63) is 35.6 Å². The van der Waals surface area contributed by atoms with Gasteiger partial charge in [-0.2, -0.15) is 0 Å². The molecule has 0 saturated carbocycles. The fourth-order valence-corrected chi connectivity index (χ4v) is 1.28. The van der Waals surface area contributed by atoms with Gasteiger partial charge in [0.15, 0.2) is 0 Å². The summed E-state index contributed by atoms with van der Waals surface area (Å²) in [4.78, 5) is 22.6. The smallest absolute Gasteiger partial charge is 0.428 e. The van der Waals surface area contributed by atoms with Gasteiger partial charge in [-0.15, -0.1) is 0 Å². The number of carbonyl (C=O) groups is 2. The Morgan fingerprint density at radius 3 is 2.62 bits per heavy atom. The Balaban J connectivity index is 2.02. The van der Waals surface area contributed by atoms with E-state index in [1.165, 1.54) is 24.3 Å². The second-order valence-electron chi connectivity index (χ2n) is 3.21. The average Bonchev–Trinajstić information content (AvgIpc) is 2.65. The van der Waals surface area contributed by atoms with Crippen molar-refractivity contribution in [2.24, 2.45) is 0 Å². The molecule has 1 aliphatic rings. The number of halogens is 1. The first kappa shape index (κ1) is 10.4. The zero-order chi connectivity index (χ0) is 11.5. The maximum atomic E-state index is 12.6. The Bertz CT molecular complexity index is 419. The number of hydrazine groups is 1. The van der Waals surface area contributed by atoms with Gasteiger partial charge in [0.1, 0.15) is 12.4 Å². The molecule has 0 spiro atoms. The Hall–Kier alpha value is -2.11. The van der Waals surface area contributed by atoms with E-state index in [9.17, 15) is 14.0 Å². The summed E-state index contributed by atoms with van der Waals surface area (Å²) < 4.78 is 17.2. The highest BCUT2D eigenvalue weighted by Gasteiger charge is 2.23. The van der Waals surface area contributed by atoms with Crippen LogP contribution in [0, 0.1) is 5.82 Å². The number of hydrogen-bond acceptors (Lipinski definition) is 3. The summed E-state index contributed by atoms with van der Waals surface area (Å²) >= 11 is 0. The SMILES string of the molecule is O=C(NN1CCOC1=O)c1ccc(F)cc1. The molecule has 5 nitrogen and oxygen atoms in total. The van der Waals surface area contributed by atoms with E-state index >= 15 is 0 Å². The quantitative estimate of drug-likeness (QED) is 0.812. The Kier molecular flexibility index (Phi) is 2.72. The van der Waals surface area contributed by atoms with Crippen molar-refractivity contribution in [3.8, 4) is 0 Å². The molecule has 2 amide bonds. The third-order valence-electron chi connectivity index (χ3n) is 2.10. The topological polar surface area (TPSA) is 58.6 Å². The second kappa shape index (κ2) is 4.18. The van der Waals surface area contributed by atoms with Crippen molar-refractivity contribution in [2.75, 3.05) is 13.2 Å². The van der Waals surface area contributed by atoms with Crippen LogP contribution in [0.15, 0.2) is 24.3 Å². The standard InChI is InChI=1S/C10H9FN2O3/c11-8-3-1-7(2-4-8)9(14)12-13-5-6-16-10(13)15/h1-4H,5-6H2,(H,12,14). The lowest BCUT2D eigenvalue weighted by molar-refractivity contribution is 0.0831. The Labute approximate surface area is 90.8 Å². The lowest BCUT2D eigenvalue weighted by Gasteiger charge is -2.13. The Morgan fingerprint density at radius 1 is 1.38 bits per heavy atom. The minimum Gasteiger partial charge on any atom is -0.446 e. The fraction of sp³-hybridized carbons (Fsp3) is 0.200. The monoisotopic (exact) mass is 224 g/mol. The van der Waals surface area contributed by atoms with Gasteiger partial charge in [0.25, 0.3) is 5.91 Å². The first-order chi connectivity index (χ1) is 7.66. The molecule has 2 rings (SSSR count). The van der Waals surface area contributed by atoms with E-state index in [1.54, 1.807) is 0 Å². The van der Waals surface area contributed by atoms with E-state index in [1.807, 2.05) is 0 Å². The zero-order valence-electron chi connectivity index (χ0n) is 8.27. The van der Waals surface area contributed by atoms with Gasteiger partial charge in [0.05, 0.1) is 6.54 Å². The van der Waals surface area contributed by atoms with Crippen molar-refractivity contribution in [1.82, 2.24) is 10.4 Å². The van der Waals surface area contributed by atoms with Gasteiger partial charge >= 0.3 is 6.09 Å². The normalized spacial score (nSPS) is 14.8. The fourth-order valence-electron chi connectivity index (χ4n) is 1.28. The molecule has 1 N–H and O–H groups in total. The summed E-state index contributed by atoms with van der Waals surface area (Å²) in [5.41, 5.74) is 2.64. The van der Waals surface area contributed by atoms with Crippen molar-refractivity contribution >= 4 is 12.0 Å². The van der Waals surface area contributed by atoms with Crippen LogP contribution in [0.3, 0.4) is 0 Å². The van der Waals surface area contributed by atoms with Crippen LogP contribution >= 0.6 is 0 Å². The van der Waals surface area contributed by atoms with Crippen LogP contribution in [-0.4, -0.2) is 30.2 Å². The van der Waals surface area contributed by atoms with Gasteiger partial charge < -0.3 is 4.74 Å². The number of benzene rings is 1. The van der Waals surface area contributed by atoms with E-state index in [-0.39, 0.29) is 12.2 Å². The number of hydrogen-bond donors (Lipinski definition) is 1. The highest BCUT2D eigenvalue weighted by atomic mass is 19.1. The van der Waals surface area contributed by atoms with Gasteiger partial charge in [-0.25, -0.2) is 14.2 Å². The molecule has 1 aliphatic heterocycles. The number of ether oxygens (including phenoxy) is 1. The maximum absolute atomic E-state index is 12.6. The molecule has 0 radical (unpaired) electrons. The number of cyclic esters (lactones) is 1. The molecule has 1 aromatic carbocycles. The average molecular weight is 224 g/mol. The van der Waals surface area contributed by atoms with E-state index in [0.29, 0.717) is 6.54 Å². The third-order valence-corrected chi connectivity index (χ3v) is 2.10. The van der Waals surface area contributed by atoms with E-state index in [4.69, 9.17) is 0 Å². The molecular formula is C10H9FN2O3. The molecule has 0 aliphatic carbocycles. The zero-order valence-corrected chi connectivity index (χ0v) is 8.27. The molecule has 6 heteroatoms. The van der Waals surface area contributed by atoms with Crippen molar-refractivity contribution in [2.45, 2.75) is 0 Å². The molecule has 1 saturated heterocycles. The number of nitrogens with one attached hydrogen (secondary N) is 1. The number of amides is 2. The van der Waals surface area contributed by atoms with Crippen molar-refractivity contribution in [3.63, 3.8) is 0 Å². The highest BCUT2D eigenvalue weighted by molar-refractivity contribution is 5.94. The van der Waals surface area contributed by atoms with Crippen molar-refractivity contribution in [1.29, 1.82) is 0 Å². The first-order valence-electron chi connectivity index (χ1n) is 4.67. The minimum absolute atomic E-state index is 0.253. The second-order valence-corrected chi connectivity index (χ2v) is 3.21. The van der Waals surface area contributed by atoms with Crippen molar-refractivity contribution < 1.29 is 18.7 Å². The molecule has 0 bridgehead atoms. The van der Waals surface area contributed by atoms with Gasteiger partial charge in [0, 0.05) is 5.56 Å². The molecule has 16 heavy (non-hydrogen) atoms. The summed E-state index contributed by atoms with van der Waals surface area (Å²) in [7, 11) is 0. The molecule has 1 fully saturated rings. The van der Waals surface area contributed by atoms with Gasteiger partial charge in [-0.3, -0.25) is 10.2 Å². The lowest BCUT2D eigenvalue weighted by atomic mass is 10.2. The molecule has 0 atom stereocenters. The molecule has 0 unspecified atom stereocenters. The maximum Gasteiger partial charge on any atom is 0.428 e. The Morgan fingerprint density at radius 2 is 2.06 bits per heavy atom. The van der Waals surface area contributed by atoms with Crippen LogP contribution in [-0.2, 0) is 4.74 Å². The third kappa shape index (κ3) is 2.10. The molecule has 84 valence electrons. The summed E-state index contributed by atoms with van der Waals surface area (Å²) in [6, 6.07) is 5.03.